The first kappa shape index (κ1) is 17.6. The average molecular weight is 333 g/mol. The molecule has 2 N–H and O–H groups in total. The highest BCUT2D eigenvalue weighted by Gasteiger charge is 2.16. The molecule has 7 heteroatoms. The predicted molar refractivity (Wildman–Crippen MR) is 82.7 cm³/mol. The maximum atomic E-state index is 11.4. The lowest BCUT2D eigenvalue weighted by atomic mass is 10.1. The Balaban J connectivity index is 2.85. The van der Waals surface area contributed by atoms with E-state index >= 15 is 0 Å². The first-order chi connectivity index (χ1) is 9.96. The van der Waals surface area contributed by atoms with Crippen LogP contribution in [0.2, 0.25) is 0 Å². The molecule has 0 spiro atoms. The molecule has 0 saturated heterocycles. The molecule has 0 unspecified atom stereocenters. The SMILES string of the molecule is CC(C)Oc1ccc(C(NC(=O)CCl)NC(=O)CCl)cc1. The van der Waals surface area contributed by atoms with Gasteiger partial charge in [0.1, 0.15) is 23.7 Å². The minimum atomic E-state index is -0.685. The van der Waals surface area contributed by atoms with Crippen molar-refractivity contribution in [3.05, 3.63) is 29.8 Å². The van der Waals surface area contributed by atoms with E-state index in [0.29, 0.717) is 11.3 Å². The summed E-state index contributed by atoms with van der Waals surface area (Å²) >= 11 is 10.9. The van der Waals surface area contributed by atoms with Gasteiger partial charge in [-0.2, -0.15) is 0 Å². The van der Waals surface area contributed by atoms with E-state index in [9.17, 15) is 9.59 Å². The van der Waals surface area contributed by atoms with E-state index in [-0.39, 0.29) is 29.7 Å². The Labute approximate surface area is 133 Å². The summed E-state index contributed by atoms with van der Waals surface area (Å²) in [5.41, 5.74) is 0.697. The maximum Gasteiger partial charge on any atom is 0.236 e. The highest BCUT2D eigenvalue weighted by molar-refractivity contribution is 6.27. The molecule has 0 atom stereocenters. The van der Waals surface area contributed by atoms with Crippen LogP contribution in [0.15, 0.2) is 24.3 Å². The van der Waals surface area contributed by atoms with Crippen molar-refractivity contribution >= 4 is 35.0 Å². The summed E-state index contributed by atoms with van der Waals surface area (Å²) in [6.45, 7) is 3.86. The third-order valence-corrected chi connectivity index (χ3v) is 2.92. The summed E-state index contributed by atoms with van der Waals surface area (Å²) in [5, 5.41) is 5.21. The van der Waals surface area contributed by atoms with Crippen LogP contribution >= 0.6 is 23.2 Å². The van der Waals surface area contributed by atoms with Crippen molar-refractivity contribution in [1.29, 1.82) is 0 Å². The molecule has 2 amide bonds. The van der Waals surface area contributed by atoms with Gasteiger partial charge in [0.15, 0.2) is 0 Å². The number of rotatable bonds is 7. The number of nitrogens with one attached hydrogen (secondary N) is 2. The second kappa shape index (κ2) is 8.74. The molecule has 0 aliphatic rings. The molecule has 1 aromatic rings. The summed E-state index contributed by atoms with van der Waals surface area (Å²) in [7, 11) is 0. The Morgan fingerprint density at radius 2 is 1.52 bits per heavy atom. The van der Waals surface area contributed by atoms with Gasteiger partial charge in [-0.3, -0.25) is 9.59 Å². The zero-order chi connectivity index (χ0) is 15.8. The molecule has 21 heavy (non-hydrogen) atoms. The molecular weight excluding hydrogens is 315 g/mol. The van der Waals surface area contributed by atoms with Gasteiger partial charge >= 0.3 is 0 Å². The van der Waals surface area contributed by atoms with Gasteiger partial charge < -0.3 is 15.4 Å². The van der Waals surface area contributed by atoms with Crippen LogP contribution in [0.1, 0.15) is 25.6 Å². The highest BCUT2D eigenvalue weighted by Crippen LogP contribution is 2.17. The van der Waals surface area contributed by atoms with Gasteiger partial charge in [0, 0.05) is 0 Å². The van der Waals surface area contributed by atoms with E-state index in [2.05, 4.69) is 10.6 Å². The van der Waals surface area contributed by atoms with Gasteiger partial charge in [-0.15, -0.1) is 23.2 Å². The van der Waals surface area contributed by atoms with Gasteiger partial charge in [0.25, 0.3) is 0 Å². The molecule has 5 nitrogen and oxygen atoms in total. The Hall–Kier alpha value is -1.46. The first-order valence-electron chi connectivity index (χ1n) is 6.43. The summed E-state index contributed by atoms with van der Waals surface area (Å²) in [5.74, 6) is -0.457. The molecule has 1 rings (SSSR count). The van der Waals surface area contributed by atoms with Crippen LogP contribution < -0.4 is 15.4 Å². The van der Waals surface area contributed by atoms with Crippen molar-refractivity contribution in [2.75, 3.05) is 11.8 Å². The Morgan fingerprint density at radius 3 is 1.90 bits per heavy atom. The van der Waals surface area contributed by atoms with E-state index in [4.69, 9.17) is 27.9 Å². The van der Waals surface area contributed by atoms with Gasteiger partial charge in [0.05, 0.1) is 6.10 Å². The average Bonchev–Trinajstić information content (AvgIpc) is 2.46. The number of hydrogen-bond donors (Lipinski definition) is 2. The minimum absolute atomic E-state index is 0.0681. The molecular formula is C14H18Cl2N2O3. The number of carbonyl (C=O) groups excluding carboxylic acids is 2. The summed E-state index contributed by atoms with van der Waals surface area (Å²) in [6.07, 6.45) is -0.617. The van der Waals surface area contributed by atoms with E-state index < -0.39 is 6.17 Å². The molecule has 0 aliphatic carbocycles. The molecule has 0 aromatic heterocycles. The molecule has 0 saturated carbocycles. The molecule has 0 bridgehead atoms. The number of carbonyl (C=O) groups is 2. The van der Waals surface area contributed by atoms with E-state index in [1.807, 2.05) is 13.8 Å². The summed E-state index contributed by atoms with van der Waals surface area (Å²) in [4.78, 5) is 22.9. The number of alkyl halides is 2. The number of amides is 2. The topological polar surface area (TPSA) is 67.4 Å². The molecule has 0 aliphatic heterocycles. The lowest BCUT2D eigenvalue weighted by molar-refractivity contribution is -0.122. The van der Waals surface area contributed by atoms with E-state index in [1.165, 1.54) is 0 Å². The van der Waals surface area contributed by atoms with Crippen molar-refractivity contribution in [3.8, 4) is 5.75 Å². The number of halogens is 2. The second-order valence-corrected chi connectivity index (χ2v) is 5.11. The number of benzene rings is 1. The Morgan fingerprint density at radius 1 is 1.05 bits per heavy atom. The lowest BCUT2D eigenvalue weighted by Gasteiger charge is -2.20. The van der Waals surface area contributed by atoms with Gasteiger partial charge in [-0.25, -0.2) is 0 Å². The fourth-order valence-corrected chi connectivity index (χ4v) is 1.77. The fourth-order valence-electron chi connectivity index (χ4n) is 1.61. The summed E-state index contributed by atoms with van der Waals surface area (Å²) in [6, 6.07) is 7.04. The molecule has 0 heterocycles. The highest BCUT2D eigenvalue weighted by atomic mass is 35.5. The quantitative estimate of drug-likeness (QED) is 0.594. The van der Waals surface area contributed by atoms with Crippen molar-refractivity contribution in [2.24, 2.45) is 0 Å². The normalized spacial score (nSPS) is 10.6. The van der Waals surface area contributed by atoms with E-state index in [1.54, 1.807) is 24.3 Å². The van der Waals surface area contributed by atoms with Crippen molar-refractivity contribution in [2.45, 2.75) is 26.1 Å². The fraction of sp³-hybridized carbons (Fsp3) is 0.429. The third kappa shape index (κ3) is 6.23. The van der Waals surface area contributed by atoms with Crippen LogP contribution in [0, 0.1) is 0 Å². The predicted octanol–water partition coefficient (Wildman–Crippen LogP) is 2.18. The van der Waals surface area contributed by atoms with Crippen LogP contribution in [0.3, 0.4) is 0 Å². The van der Waals surface area contributed by atoms with Crippen molar-refractivity contribution < 1.29 is 14.3 Å². The van der Waals surface area contributed by atoms with Gasteiger partial charge in [0.2, 0.25) is 11.8 Å². The monoisotopic (exact) mass is 332 g/mol. The van der Waals surface area contributed by atoms with Crippen LogP contribution in [0.4, 0.5) is 0 Å². The lowest BCUT2D eigenvalue weighted by Crippen LogP contribution is -2.42. The van der Waals surface area contributed by atoms with Crippen LogP contribution in [-0.4, -0.2) is 29.7 Å². The van der Waals surface area contributed by atoms with Crippen LogP contribution in [0.5, 0.6) is 5.75 Å². The maximum absolute atomic E-state index is 11.4. The minimum Gasteiger partial charge on any atom is -0.491 e. The molecule has 0 radical (unpaired) electrons. The summed E-state index contributed by atoms with van der Waals surface area (Å²) < 4.78 is 5.54. The van der Waals surface area contributed by atoms with Gasteiger partial charge in [-0.1, -0.05) is 12.1 Å². The zero-order valence-corrected chi connectivity index (χ0v) is 13.4. The smallest absolute Gasteiger partial charge is 0.236 e. The standard InChI is InChI=1S/C14H18Cl2N2O3/c1-9(2)21-11-5-3-10(4-6-11)14(17-12(19)7-15)18-13(20)8-16/h3-6,9,14H,7-8H2,1-2H3,(H,17,19)(H,18,20). The molecule has 0 fully saturated rings. The van der Waals surface area contributed by atoms with Gasteiger partial charge in [-0.05, 0) is 31.5 Å². The second-order valence-electron chi connectivity index (χ2n) is 4.57. The van der Waals surface area contributed by atoms with E-state index in [0.717, 1.165) is 0 Å². The Bertz CT molecular complexity index is 460. The van der Waals surface area contributed by atoms with Crippen molar-refractivity contribution in [1.82, 2.24) is 10.6 Å². The van der Waals surface area contributed by atoms with Crippen LogP contribution in [0.25, 0.3) is 0 Å². The molecule has 116 valence electrons. The Kier molecular flexibility index (Phi) is 7.32. The van der Waals surface area contributed by atoms with Crippen LogP contribution in [-0.2, 0) is 9.59 Å². The third-order valence-electron chi connectivity index (χ3n) is 2.44. The zero-order valence-electron chi connectivity index (χ0n) is 11.9. The first-order valence-corrected chi connectivity index (χ1v) is 7.50. The number of ether oxygens (including phenoxy) is 1. The number of hydrogen-bond acceptors (Lipinski definition) is 3. The largest absolute Gasteiger partial charge is 0.491 e. The molecule has 1 aromatic carbocycles. The van der Waals surface area contributed by atoms with Crippen molar-refractivity contribution in [3.63, 3.8) is 0 Å².